The number of nitrogens with one attached hydrogen (secondary N) is 1. The summed E-state index contributed by atoms with van der Waals surface area (Å²) in [5.74, 6) is 1.73. The lowest BCUT2D eigenvalue weighted by Gasteiger charge is -2.15. The smallest absolute Gasteiger partial charge is 0.124 e. The van der Waals surface area contributed by atoms with Crippen LogP contribution in [0.3, 0.4) is 0 Å². The highest BCUT2D eigenvalue weighted by Crippen LogP contribution is 2.24. The van der Waals surface area contributed by atoms with Crippen molar-refractivity contribution in [3.05, 3.63) is 23.8 Å². The van der Waals surface area contributed by atoms with Crippen LogP contribution in [-0.4, -0.2) is 33.0 Å². The molecule has 1 rings (SSSR count). The van der Waals surface area contributed by atoms with Gasteiger partial charge in [-0.15, -0.1) is 0 Å². The van der Waals surface area contributed by atoms with E-state index < -0.39 is 0 Å². The summed E-state index contributed by atoms with van der Waals surface area (Å²) in [5, 5.41) is 3.39. The van der Waals surface area contributed by atoms with Crippen molar-refractivity contribution in [2.75, 3.05) is 26.9 Å². The van der Waals surface area contributed by atoms with Gasteiger partial charge in [0.05, 0.1) is 13.7 Å². The molecule has 0 amide bonds. The van der Waals surface area contributed by atoms with Crippen molar-refractivity contribution in [2.45, 2.75) is 33.4 Å². The zero-order valence-electron chi connectivity index (χ0n) is 12.4. The molecule has 1 N–H and O–H groups in total. The second kappa shape index (κ2) is 8.77. The number of methoxy groups -OCH3 is 1. The molecule has 0 radical (unpaired) electrons. The summed E-state index contributed by atoms with van der Waals surface area (Å²) in [4.78, 5) is 0. The molecule has 0 heterocycles. The van der Waals surface area contributed by atoms with E-state index in [1.165, 1.54) is 0 Å². The standard InChI is InChI=1S/C15H25NO3/c1-5-18-8-9-19-15-7-6-14(17-4)10-13(15)11-16-12(2)3/h6-7,10,12,16H,5,8-9,11H2,1-4H3. The molecule has 1 aromatic carbocycles. The largest absolute Gasteiger partial charge is 0.497 e. The molecular formula is C15H25NO3. The summed E-state index contributed by atoms with van der Waals surface area (Å²) in [5.41, 5.74) is 1.10. The van der Waals surface area contributed by atoms with Gasteiger partial charge in [-0.2, -0.15) is 0 Å². The van der Waals surface area contributed by atoms with E-state index in [2.05, 4.69) is 19.2 Å². The molecule has 0 fully saturated rings. The van der Waals surface area contributed by atoms with Crippen molar-refractivity contribution in [1.29, 1.82) is 0 Å². The van der Waals surface area contributed by atoms with Crippen LogP contribution in [0.15, 0.2) is 18.2 Å². The van der Waals surface area contributed by atoms with Crippen LogP contribution in [-0.2, 0) is 11.3 Å². The monoisotopic (exact) mass is 267 g/mol. The maximum atomic E-state index is 5.75. The first-order valence-corrected chi connectivity index (χ1v) is 6.78. The lowest BCUT2D eigenvalue weighted by molar-refractivity contribution is 0.109. The molecule has 0 saturated heterocycles. The number of rotatable bonds is 9. The van der Waals surface area contributed by atoms with E-state index in [0.717, 1.165) is 23.6 Å². The molecule has 19 heavy (non-hydrogen) atoms. The van der Waals surface area contributed by atoms with Crippen LogP contribution in [0.2, 0.25) is 0 Å². The van der Waals surface area contributed by atoms with E-state index >= 15 is 0 Å². The molecule has 0 unspecified atom stereocenters. The Kier molecular flexibility index (Phi) is 7.30. The predicted octanol–water partition coefficient (Wildman–Crippen LogP) is 2.61. The van der Waals surface area contributed by atoms with Gasteiger partial charge in [0, 0.05) is 24.8 Å². The van der Waals surface area contributed by atoms with Crippen LogP contribution < -0.4 is 14.8 Å². The SMILES string of the molecule is CCOCCOc1ccc(OC)cc1CNC(C)C. The predicted molar refractivity (Wildman–Crippen MR) is 77.0 cm³/mol. The third-order valence-corrected chi connectivity index (χ3v) is 2.66. The molecule has 0 spiro atoms. The minimum Gasteiger partial charge on any atom is -0.497 e. The van der Waals surface area contributed by atoms with Gasteiger partial charge in [0.15, 0.2) is 0 Å². The Hall–Kier alpha value is -1.26. The van der Waals surface area contributed by atoms with Gasteiger partial charge in [0.1, 0.15) is 18.1 Å². The van der Waals surface area contributed by atoms with Crippen molar-refractivity contribution in [2.24, 2.45) is 0 Å². The molecule has 0 aliphatic rings. The molecule has 0 aromatic heterocycles. The molecule has 108 valence electrons. The summed E-state index contributed by atoms with van der Waals surface area (Å²) in [6, 6.07) is 6.30. The van der Waals surface area contributed by atoms with E-state index in [1.807, 2.05) is 25.1 Å². The topological polar surface area (TPSA) is 39.7 Å². The van der Waals surface area contributed by atoms with Crippen LogP contribution in [0.25, 0.3) is 0 Å². The van der Waals surface area contributed by atoms with Gasteiger partial charge < -0.3 is 19.5 Å². The fraction of sp³-hybridized carbons (Fsp3) is 0.600. The van der Waals surface area contributed by atoms with Crippen molar-refractivity contribution in [3.63, 3.8) is 0 Å². The van der Waals surface area contributed by atoms with Gasteiger partial charge in [-0.1, -0.05) is 13.8 Å². The zero-order chi connectivity index (χ0) is 14.1. The first-order chi connectivity index (χ1) is 9.17. The molecule has 0 bridgehead atoms. The second-order valence-electron chi connectivity index (χ2n) is 4.55. The highest BCUT2D eigenvalue weighted by molar-refractivity contribution is 5.40. The normalized spacial score (nSPS) is 10.8. The molecule has 0 aliphatic heterocycles. The Balaban J connectivity index is 2.65. The molecule has 0 atom stereocenters. The zero-order valence-corrected chi connectivity index (χ0v) is 12.4. The average molecular weight is 267 g/mol. The van der Waals surface area contributed by atoms with Gasteiger partial charge in [-0.05, 0) is 25.1 Å². The summed E-state index contributed by atoms with van der Waals surface area (Å²) >= 11 is 0. The summed E-state index contributed by atoms with van der Waals surface area (Å²) in [6.45, 7) is 8.87. The molecule has 1 aromatic rings. The summed E-state index contributed by atoms with van der Waals surface area (Å²) in [7, 11) is 1.67. The number of hydrogen-bond acceptors (Lipinski definition) is 4. The molecule has 4 nitrogen and oxygen atoms in total. The highest BCUT2D eigenvalue weighted by atomic mass is 16.5. The van der Waals surface area contributed by atoms with Crippen LogP contribution in [0, 0.1) is 0 Å². The lowest BCUT2D eigenvalue weighted by atomic mass is 10.1. The van der Waals surface area contributed by atoms with Crippen molar-refractivity contribution >= 4 is 0 Å². The van der Waals surface area contributed by atoms with E-state index in [0.29, 0.717) is 25.9 Å². The summed E-state index contributed by atoms with van der Waals surface area (Å²) in [6.07, 6.45) is 0. The first-order valence-electron chi connectivity index (χ1n) is 6.78. The van der Waals surface area contributed by atoms with Crippen molar-refractivity contribution in [3.8, 4) is 11.5 Å². The third kappa shape index (κ3) is 5.94. The Morgan fingerprint density at radius 2 is 2.00 bits per heavy atom. The molecular weight excluding hydrogens is 242 g/mol. The quantitative estimate of drug-likeness (QED) is 0.698. The maximum absolute atomic E-state index is 5.75. The minimum atomic E-state index is 0.433. The first kappa shape index (κ1) is 15.8. The maximum Gasteiger partial charge on any atom is 0.124 e. The molecule has 0 saturated carbocycles. The number of ether oxygens (including phenoxy) is 3. The van der Waals surface area contributed by atoms with E-state index in [-0.39, 0.29) is 0 Å². The van der Waals surface area contributed by atoms with E-state index in [4.69, 9.17) is 14.2 Å². The molecule has 0 aliphatic carbocycles. The van der Waals surface area contributed by atoms with E-state index in [9.17, 15) is 0 Å². The van der Waals surface area contributed by atoms with Crippen molar-refractivity contribution < 1.29 is 14.2 Å². The number of hydrogen-bond donors (Lipinski definition) is 1. The molecule has 4 heteroatoms. The van der Waals surface area contributed by atoms with Crippen LogP contribution in [0.1, 0.15) is 26.3 Å². The fourth-order valence-electron chi connectivity index (χ4n) is 1.63. The average Bonchev–Trinajstić information content (AvgIpc) is 2.42. The van der Waals surface area contributed by atoms with Gasteiger partial charge in [0.25, 0.3) is 0 Å². The lowest BCUT2D eigenvalue weighted by Crippen LogP contribution is -2.22. The number of benzene rings is 1. The minimum absolute atomic E-state index is 0.433. The second-order valence-corrected chi connectivity index (χ2v) is 4.55. The third-order valence-electron chi connectivity index (χ3n) is 2.66. The Bertz CT molecular complexity index is 366. The highest BCUT2D eigenvalue weighted by Gasteiger charge is 2.06. The van der Waals surface area contributed by atoms with Gasteiger partial charge in [0.2, 0.25) is 0 Å². The van der Waals surface area contributed by atoms with Crippen molar-refractivity contribution in [1.82, 2.24) is 5.32 Å². The van der Waals surface area contributed by atoms with Crippen LogP contribution in [0.4, 0.5) is 0 Å². The van der Waals surface area contributed by atoms with Gasteiger partial charge >= 0.3 is 0 Å². The van der Waals surface area contributed by atoms with Gasteiger partial charge in [-0.3, -0.25) is 0 Å². The van der Waals surface area contributed by atoms with E-state index in [1.54, 1.807) is 7.11 Å². The van der Waals surface area contributed by atoms with Crippen LogP contribution >= 0.6 is 0 Å². The van der Waals surface area contributed by atoms with Gasteiger partial charge in [-0.25, -0.2) is 0 Å². The van der Waals surface area contributed by atoms with Crippen LogP contribution in [0.5, 0.6) is 11.5 Å². The Labute approximate surface area is 116 Å². The Morgan fingerprint density at radius 3 is 2.63 bits per heavy atom. The Morgan fingerprint density at radius 1 is 1.21 bits per heavy atom. The fourth-order valence-corrected chi connectivity index (χ4v) is 1.63. The summed E-state index contributed by atoms with van der Waals surface area (Å²) < 4.78 is 16.3.